The van der Waals surface area contributed by atoms with Crippen molar-refractivity contribution in [3.63, 3.8) is 0 Å². The largest absolute Gasteiger partial charge is 1.00 e. The van der Waals surface area contributed by atoms with Crippen LogP contribution >= 0.6 is 49.6 Å². The minimum atomic E-state index is 0. The molecule has 0 amide bonds. The monoisotopic (exact) mass is 200 g/mol. The van der Waals surface area contributed by atoms with Gasteiger partial charge in [0, 0.05) is 21.7 Å². The summed E-state index contributed by atoms with van der Waals surface area (Å²) in [7, 11) is 0. The van der Waals surface area contributed by atoms with Crippen LogP contribution in [-0.2, 0) is 21.7 Å². The first kappa shape index (κ1) is 77.4. The molecule has 0 aromatic rings. The summed E-state index contributed by atoms with van der Waals surface area (Å²) < 4.78 is 0. The van der Waals surface area contributed by atoms with Crippen LogP contribution in [0.1, 0.15) is 1.43 Å². The summed E-state index contributed by atoms with van der Waals surface area (Å²) in [4.78, 5) is 0. The molecule has 0 saturated carbocycles. The predicted octanol–water partition coefficient (Wildman–Crippen LogP) is -1.20. The molecule has 0 rings (SSSR count). The molecule has 0 aromatic carbocycles. The molecule has 0 atom stereocenters. The van der Waals surface area contributed by atoms with Crippen molar-refractivity contribution in [2.24, 2.45) is 0 Å². The van der Waals surface area contributed by atoms with Gasteiger partial charge >= 0.3 is 18.9 Å². The summed E-state index contributed by atoms with van der Waals surface area (Å²) in [6.45, 7) is 0. The van der Waals surface area contributed by atoms with Gasteiger partial charge in [-0.2, -0.15) is 0 Å². The molecule has 0 heterocycles. The van der Waals surface area contributed by atoms with Crippen molar-refractivity contribution in [3.8, 4) is 0 Å². The molecular weight excluding hydrogens is 197 g/mol. The molecule has 0 aromatic heterocycles. The Kier molecular flexibility index (Phi) is 661. The Morgan fingerprint density at radius 1 is 0.667 bits per heavy atom. The van der Waals surface area contributed by atoms with Crippen LogP contribution in [0.25, 0.3) is 0 Å². The number of hydrogen-bond acceptors (Lipinski definition) is 0. The molecule has 6 heavy (non-hydrogen) atoms. The van der Waals surface area contributed by atoms with Crippen LogP contribution in [0.2, 0.25) is 0 Å². The second-order valence-corrected chi connectivity index (χ2v) is 0. The van der Waals surface area contributed by atoms with Crippen molar-refractivity contribution in [3.05, 3.63) is 0 Å². The van der Waals surface area contributed by atoms with Gasteiger partial charge in [0.2, 0.25) is 0 Å². The van der Waals surface area contributed by atoms with Crippen LogP contribution in [-0.4, -0.2) is 0 Å². The summed E-state index contributed by atoms with van der Waals surface area (Å²) in [5.74, 6) is 0. The second kappa shape index (κ2) is 51.2. The topological polar surface area (TPSA) is 0 Å². The maximum Gasteiger partial charge on any atom is 1.00 e. The summed E-state index contributed by atoms with van der Waals surface area (Å²) in [5, 5.41) is 0. The molecule has 0 spiro atoms. The van der Waals surface area contributed by atoms with Gasteiger partial charge < -0.3 is 1.43 Å². The summed E-state index contributed by atoms with van der Waals surface area (Å²) >= 11 is 0. The van der Waals surface area contributed by atoms with Gasteiger partial charge in [0.1, 0.15) is 0 Å². The summed E-state index contributed by atoms with van der Waals surface area (Å²) in [6.07, 6.45) is 0. The zero-order valence-corrected chi connectivity index (χ0v) is 7.96. The molecule has 0 bridgehead atoms. The SMILES string of the molecule is Cl.Cl.Cl.Cl.[H-].[Li+].[Ti]. The fourth-order valence-corrected chi connectivity index (χ4v) is 0. The van der Waals surface area contributed by atoms with E-state index in [1.165, 1.54) is 0 Å². The third kappa shape index (κ3) is 31.7. The quantitative estimate of drug-likeness (QED) is 0.432. The van der Waals surface area contributed by atoms with Crippen molar-refractivity contribution < 1.29 is 42.0 Å². The minimum absolute atomic E-state index is 0. The molecule has 6 heteroatoms. The fraction of sp³-hybridized carbons (Fsp3) is 0. The van der Waals surface area contributed by atoms with Gasteiger partial charge in [0.25, 0.3) is 0 Å². The van der Waals surface area contributed by atoms with E-state index in [4.69, 9.17) is 0 Å². The number of rotatable bonds is 0. The van der Waals surface area contributed by atoms with Gasteiger partial charge in [0.15, 0.2) is 0 Å². The molecule has 0 aliphatic carbocycles. The Morgan fingerprint density at radius 2 is 0.667 bits per heavy atom. The van der Waals surface area contributed by atoms with Crippen molar-refractivity contribution >= 4 is 49.6 Å². The van der Waals surface area contributed by atoms with Crippen molar-refractivity contribution in [1.82, 2.24) is 0 Å². The van der Waals surface area contributed by atoms with Gasteiger partial charge in [-0.1, -0.05) is 0 Å². The van der Waals surface area contributed by atoms with Crippen LogP contribution in [0.15, 0.2) is 0 Å². The van der Waals surface area contributed by atoms with Gasteiger partial charge in [-0.05, 0) is 0 Å². The molecular formula is H5Cl4LiTi. The van der Waals surface area contributed by atoms with Crippen molar-refractivity contribution in [1.29, 1.82) is 0 Å². The smallest absolute Gasteiger partial charge is 1.00 e. The van der Waals surface area contributed by atoms with Gasteiger partial charge in [-0.3, -0.25) is 0 Å². The van der Waals surface area contributed by atoms with E-state index in [0.717, 1.165) is 0 Å². The molecule has 0 nitrogen and oxygen atoms in total. The van der Waals surface area contributed by atoms with E-state index >= 15 is 0 Å². The van der Waals surface area contributed by atoms with Crippen molar-refractivity contribution in [2.45, 2.75) is 0 Å². The first-order valence-corrected chi connectivity index (χ1v) is 0. The molecule has 0 unspecified atom stereocenters. The normalized spacial score (nSPS) is 0. The maximum atomic E-state index is 0. The molecule has 0 saturated heterocycles. The summed E-state index contributed by atoms with van der Waals surface area (Å²) in [6, 6.07) is 0. The zero-order chi connectivity index (χ0) is 0. The van der Waals surface area contributed by atoms with E-state index in [1.54, 1.807) is 0 Å². The predicted molar refractivity (Wildman–Crippen MR) is 30.1 cm³/mol. The Labute approximate surface area is 90.8 Å². The van der Waals surface area contributed by atoms with Crippen LogP contribution in [0.4, 0.5) is 0 Å². The molecule has 0 N–H and O–H groups in total. The second-order valence-electron chi connectivity index (χ2n) is 0. The van der Waals surface area contributed by atoms with E-state index in [1.807, 2.05) is 0 Å². The third-order valence-electron chi connectivity index (χ3n) is 0. The maximum absolute atomic E-state index is 0. The van der Waals surface area contributed by atoms with Gasteiger partial charge in [-0.25, -0.2) is 0 Å². The molecule has 0 aliphatic rings. The minimum Gasteiger partial charge on any atom is -1.00 e. The average molecular weight is 202 g/mol. The van der Waals surface area contributed by atoms with Gasteiger partial charge in [0.05, 0.1) is 0 Å². The molecule has 0 radical (unpaired) electrons. The Bertz CT molecular complexity index is 11.7. The molecule has 38 valence electrons. The first-order valence-electron chi connectivity index (χ1n) is 0. The molecule has 0 aliphatic heterocycles. The van der Waals surface area contributed by atoms with E-state index < -0.39 is 0 Å². The number of hydrogen-bond donors (Lipinski definition) is 0. The first-order chi connectivity index (χ1) is 0. The number of halogens is 4. The summed E-state index contributed by atoms with van der Waals surface area (Å²) in [5.41, 5.74) is 0. The Hall–Kier alpha value is 2.47. The van der Waals surface area contributed by atoms with Crippen LogP contribution < -0.4 is 18.9 Å². The van der Waals surface area contributed by atoms with E-state index in [9.17, 15) is 0 Å². The Balaban J connectivity index is 0. The zero-order valence-electron chi connectivity index (χ0n) is 4.13. The average Bonchev–Trinajstić information content (AvgIpc) is 0. The van der Waals surface area contributed by atoms with Gasteiger partial charge in [-0.15, -0.1) is 49.6 Å². The third-order valence-corrected chi connectivity index (χ3v) is 0. The fourth-order valence-electron chi connectivity index (χ4n) is 0. The van der Waals surface area contributed by atoms with Crippen molar-refractivity contribution in [2.75, 3.05) is 0 Å². The molecule has 0 fully saturated rings. The van der Waals surface area contributed by atoms with E-state index in [-0.39, 0.29) is 91.6 Å². The van der Waals surface area contributed by atoms with E-state index in [0.29, 0.717) is 0 Å². The van der Waals surface area contributed by atoms with Crippen LogP contribution in [0.5, 0.6) is 0 Å². The Morgan fingerprint density at radius 3 is 0.667 bits per heavy atom. The van der Waals surface area contributed by atoms with Crippen LogP contribution in [0, 0.1) is 0 Å². The van der Waals surface area contributed by atoms with Crippen LogP contribution in [0.3, 0.4) is 0 Å². The van der Waals surface area contributed by atoms with E-state index in [2.05, 4.69) is 0 Å². The standard InChI is InChI=1S/4ClH.Li.Ti.H/h4*1H;;;/q;;;;+1;;-1.